The molecule has 3 aromatic carbocycles. The smallest absolute Gasteiger partial charge is 0.315 e. The van der Waals surface area contributed by atoms with Crippen molar-refractivity contribution in [3.8, 4) is 5.75 Å². The highest BCUT2D eigenvalue weighted by Crippen LogP contribution is 2.55. The molecule has 0 fully saturated rings. The molecule has 2 aliphatic rings. The molecule has 40 heavy (non-hydrogen) atoms. The maximum atomic E-state index is 12.8. The molecule has 2 aliphatic heterocycles. The van der Waals surface area contributed by atoms with Gasteiger partial charge in [-0.05, 0) is 42.5 Å². The number of hydrogen-bond acceptors (Lipinski definition) is 8. The zero-order valence-corrected chi connectivity index (χ0v) is 22.4. The zero-order valence-electron chi connectivity index (χ0n) is 22.4. The van der Waals surface area contributed by atoms with Crippen molar-refractivity contribution >= 4 is 40.4 Å². The summed E-state index contributed by atoms with van der Waals surface area (Å²) in [4.78, 5) is 29.7. The van der Waals surface area contributed by atoms with E-state index in [2.05, 4.69) is 18.7 Å². The number of carbonyl (C=O) groups is 2. The molecule has 210 valence electrons. The van der Waals surface area contributed by atoms with Crippen LogP contribution in [0, 0.1) is 0 Å². The summed E-state index contributed by atoms with van der Waals surface area (Å²) in [5, 5.41) is 12.2. The Hall–Kier alpha value is -3.73. The van der Waals surface area contributed by atoms with E-state index in [0.29, 0.717) is 12.3 Å². The van der Waals surface area contributed by atoms with Gasteiger partial charge in [-0.15, -0.1) is 0 Å². The second kappa shape index (κ2) is 11.0. The fraction of sp³-hybridized carbons (Fsp3) is 0.367. The standard InChI is InChI=1S/C30H31F2N3O5/c1-29(2)27-21(18-36)7-5-9-23(27)35(13-15-39-14-12-34(16-25(31)37)17-26(32)38)30(29)19-33-28-22-8-4-3-6-20(22)10-11-24(28)40-30/h3-11,19,36H,12-18H2,1-2H3. The van der Waals surface area contributed by atoms with E-state index in [4.69, 9.17) is 14.5 Å². The fourth-order valence-electron chi connectivity index (χ4n) is 5.87. The number of hydrogen-bond donors (Lipinski definition) is 1. The number of benzene rings is 3. The average molecular weight is 552 g/mol. The molecule has 1 N–H and O–H groups in total. The van der Waals surface area contributed by atoms with Gasteiger partial charge in [0.25, 0.3) is 0 Å². The Kier molecular flexibility index (Phi) is 7.67. The van der Waals surface area contributed by atoms with Crippen molar-refractivity contribution in [2.24, 2.45) is 4.99 Å². The van der Waals surface area contributed by atoms with E-state index in [1.807, 2.05) is 60.8 Å². The molecule has 1 unspecified atom stereocenters. The third kappa shape index (κ3) is 4.87. The molecule has 2 heterocycles. The molecule has 0 saturated heterocycles. The molecule has 1 spiro atoms. The van der Waals surface area contributed by atoms with Gasteiger partial charge in [0, 0.05) is 24.2 Å². The Morgan fingerprint density at radius 2 is 1.77 bits per heavy atom. The number of aliphatic hydroxyl groups is 1. The van der Waals surface area contributed by atoms with Gasteiger partial charge in [0.1, 0.15) is 11.4 Å². The van der Waals surface area contributed by atoms with Crippen molar-refractivity contribution in [1.29, 1.82) is 0 Å². The quantitative estimate of drug-likeness (QED) is 0.282. The van der Waals surface area contributed by atoms with E-state index in [0.717, 1.165) is 38.2 Å². The van der Waals surface area contributed by atoms with E-state index in [1.54, 1.807) is 0 Å². The molecule has 8 nitrogen and oxygen atoms in total. The first-order chi connectivity index (χ1) is 19.2. The molecule has 3 aromatic rings. The Morgan fingerprint density at radius 1 is 1.02 bits per heavy atom. The van der Waals surface area contributed by atoms with Crippen LogP contribution in [0.15, 0.2) is 59.6 Å². The summed E-state index contributed by atoms with van der Waals surface area (Å²) in [7, 11) is 0. The van der Waals surface area contributed by atoms with Crippen LogP contribution in [0.5, 0.6) is 5.75 Å². The molecule has 5 rings (SSSR count). The van der Waals surface area contributed by atoms with Crippen LogP contribution in [0.3, 0.4) is 0 Å². The largest absolute Gasteiger partial charge is 0.459 e. The van der Waals surface area contributed by atoms with Crippen LogP contribution in [-0.2, 0) is 26.3 Å². The third-order valence-corrected chi connectivity index (χ3v) is 7.72. The van der Waals surface area contributed by atoms with Gasteiger partial charge < -0.3 is 19.5 Å². The Morgan fingerprint density at radius 3 is 2.50 bits per heavy atom. The summed E-state index contributed by atoms with van der Waals surface area (Å²) in [5.41, 5.74) is 1.69. The van der Waals surface area contributed by atoms with Gasteiger partial charge in [0.2, 0.25) is 5.72 Å². The van der Waals surface area contributed by atoms with E-state index >= 15 is 0 Å². The fourth-order valence-corrected chi connectivity index (χ4v) is 5.87. The Bertz CT molecular complexity index is 1460. The summed E-state index contributed by atoms with van der Waals surface area (Å²) < 4.78 is 38.3. The molecule has 10 heteroatoms. The first-order valence-electron chi connectivity index (χ1n) is 13.1. The number of anilines is 1. The molecular formula is C30H31F2N3O5. The van der Waals surface area contributed by atoms with Crippen LogP contribution >= 0.6 is 0 Å². The van der Waals surface area contributed by atoms with E-state index in [1.165, 1.54) is 0 Å². The normalized spacial score (nSPS) is 18.7. The third-order valence-electron chi connectivity index (χ3n) is 7.72. The van der Waals surface area contributed by atoms with Gasteiger partial charge >= 0.3 is 12.1 Å². The summed E-state index contributed by atoms with van der Waals surface area (Å²) in [6.45, 7) is 3.25. The van der Waals surface area contributed by atoms with Gasteiger partial charge in [-0.25, -0.2) is 0 Å². The molecule has 0 bridgehead atoms. The number of ether oxygens (including phenoxy) is 2. The lowest BCUT2D eigenvalue weighted by Crippen LogP contribution is -2.63. The average Bonchev–Trinajstić information content (AvgIpc) is 3.10. The molecule has 0 saturated carbocycles. The van der Waals surface area contributed by atoms with Crippen LogP contribution < -0.4 is 9.64 Å². The number of rotatable bonds is 11. The first kappa shape index (κ1) is 27.8. The van der Waals surface area contributed by atoms with Crippen LogP contribution in [0.2, 0.25) is 0 Å². The Labute approximate surface area is 230 Å². The summed E-state index contributed by atoms with van der Waals surface area (Å²) >= 11 is 0. The van der Waals surface area contributed by atoms with Crippen LogP contribution in [0.25, 0.3) is 10.8 Å². The lowest BCUT2D eigenvalue weighted by molar-refractivity contribution is -0.133. The van der Waals surface area contributed by atoms with Crippen molar-refractivity contribution in [1.82, 2.24) is 4.90 Å². The predicted octanol–water partition coefficient (Wildman–Crippen LogP) is 4.23. The number of aliphatic imine (C=N–C) groups is 1. The molecule has 0 amide bonds. The maximum absolute atomic E-state index is 12.8. The molecule has 1 atom stereocenters. The first-order valence-corrected chi connectivity index (χ1v) is 13.1. The monoisotopic (exact) mass is 551 g/mol. The summed E-state index contributed by atoms with van der Waals surface area (Å²) in [5.74, 6) is 0.640. The predicted molar refractivity (Wildman–Crippen MR) is 148 cm³/mol. The van der Waals surface area contributed by atoms with Crippen LogP contribution in [0.1, 0.15) is 25.0 Å². The van der Waals surface area contributed by atoms with Crippen LogP contribution in [-0.4, -0.2) is 73.4 Å². The molecular weight excluding hydrogens is 520 g/mol. The zero-order chi connectivity index (χ0) is 28.5. The molecule has 0 aromatic heterocycles. The second-order valence-electron chi connectivity index (χ2n) is 10.5. The molecule has 0 radical (unpaired) electrons. The number of nitrogens with zero attached hydrogens (tertiary/aromatic N) is 3. The lowest BCUT2D eigenvalue weighted by atomic mass is 9.75. The number of halogens is 2. The number of fused-ring (bicyclic) bond motifs is 4. The molecule has 0 aliphatic carbocycles. The maximum Gasteiger partial charge on any atom is 0.315 e. The van der Waals surface area contributed by atoms with E-state index in [9.17, 15) is 23.5 Å². The minimum atomic E-state index is -1.65. The van der Waals surface area contributed by atoms with Crippen molar-refractivity contribution < 1.29 is 33.0 Å². The number of carbonyl (C=O) groups excluding carboxylic acids is 2. The van der Waals surface area contributed by atoms with Gasteiger partial charge in [-0.3, -0.25) is 19.5 Å². The minimum Gasteiger partial charge on any atom is -0.459 e. The van der Waals surface area contributed by atoms with Crippen molar-refractivity contribution in [2.45, 2.75) is 31.6 Å². The summed E-state index contributed by atoms with van der Waals surface area (Å²) in [6, 6.07) is 14.3. The van der Waals surface area contributed by atoms with Gasteiger partial charge in [-0.1, -0.05) is 42.5 Å². The SMILES string of the molecule is CC1(C)c2c(CO)cccc2N(CCOCCN(CC(=O)F)CC(=O)F)C12C=Nc1c(ccc3ccccc13)O2. The second-order valence-corrected chi connectivity index (χ2v) is 10.5. The van der Waals surface area contributed by atoms with Gasteiger partial charge in [0.15, 0.2) is 0 Å². The number of aliphatic hydroxyl groups excluding tert-OH is 1. The van der Waals surface area contributed by atoms with Gasteiger partial charge in [0.05, 0.1) is 44.5 Å². The highest BCUT2D eigenvalue weighted by atomic mass is 19.1. The van der Waals surface area contributed by atoms with Crippen LogP contribution in [0.4, 0.5) is 20.2 Å². The van der Waals surface area contributed by atoms with Crippen molar-refractivity contribution in [3.05, 3.63) is 65.7 Å². The van der Waals surface area contributed by atoms with E-state index in [-0.39, 0.29) is 26.4 Å². The van der Waals surface area contributed by atoms with E-state index < -0.39 is 36.3 Å². The highest BCUT2D eigenvalue weighted by molar-refractivity contribution is 6.00. The Balaban J connectivity index is 1.42. The van der Waals surface area contributed by atoms with Crippen molar-refractivity contribution in [3.63, 3.8) is 0 Å². The lowest BCUT2D eigenvalue weighted by Gasteiger charge is -2.46. The minimum absolute atomic E-state index is 0.00557. The summed E-state index contributed by atoms with van der Waals surface area (Å²) in [6.07, 6.45) is 1.82. The highest BCUT2D eigenvalue weighted by Gasteiger charge is 2.60. The topological polar surface area (TPSA) is 91.7 Å². The van der Waals surface area contributed by atoms with Crippen molar-refractivity contribution in [2.75, 3.05) is 44.3 Å². The van der Waals surface area contributed by atoms with Gasteiger partial charge in [-0.2, -0.15) is 8.78 Å².